The van der Waals surface area contributed by atoms with Gasteiger partial charge in [-0.15, -0.1) is 0 Å². The molecule has 0 aliphatic rings. The fourth-order valence-corrected chi connectivity index (χ4v) is 1.44. The molecule has 6 heteroatoms. The Morgan fingerprint density at radius 1 is 1.33 bits per heavy atom. The average Bonchev–Trinajstić information content (AvgIpc) is 2.80. The SMILES string of the molecule is O=C(O)c1cc(NCc2ccoc2)c(F)cc1F. The fraction of sp³-hybridized carbons (Fsp3) is 0.0833. The maximum atomic E-state index is 13.4. The predicted octanol–water partition coefficient (Wildman–Crippen LogP) is 2.87. The number of rotatable bonds is 4. The van der Waals surface area contributed by atoms with E-state index < -0.39 is 23.2 Å². The van der Waals surface area contributed by atoms with Gasteiger partial charge in [-0.3, -0.25) is 0 Å². The summed E-state index contributed by atoms with van der Waals surface area (Å²) in [4.78, 5) is 10.7. The Labute approximate surface area is 101 Å². The van der Waals surface area contributed by atoms with E-state index in [9.17, 15) is 13.6 Å². The standard InChI is InChI=1S/C12H9F2NO3/c13-9-4-10(14)11(3-8(9)12(16)17)15-5-7-1-2-18-6-7/h1-4,6,15H,5H2,(H,16,17). The summed E-state index contributed by atoms with van der Waals surface area (Å²) in [7, 11) is 0. The summed E-state index contributed by atoms with van der Waals surface area (Å²) in [6, 6.07) is 3.14. The topological polar surface area (TPSA) is 62.5 Å². The van der Waals surface area contributed by atoms with Gasteiger partial charge in [0.05, 0.1) is 23.8 Å². The third kappa shape index (κ3) is 2.48. The molecule has 0 saturated carbocycles. The van der Waals surface area contributed by atoms with Gasteiger partial charge in [0.15, 0.2) is 0 Å². The summed E-state index contributed by atoms with van der Waals surface area (Å²) in [5.41, 5.74) is 0.108. The lowest BCUT2D eigenvalue weighted by Crippen LogP contribution is -2.06. The highest BCUT2D eigenvalue weighted by Crippen LogP contribution is 2.20. The molecular weight excluding hydrogens is 244 g/mol. The van der Waals surface area contributed by atoms with E-state index in [0.717, 1.165) is 11.6 Å². The van der Waals surface area contributed by atoms with Crippen molar-refractivity contribution in [1.82, 2.24) is 0 Å². The minimum atomic E-state index is -1.45. The van der Waals surface area contributed by atoms with Crippen molar-refractivity contribution in [3.63, 3.8) is 0 Å². The first kappa shape index (κ1) is 12.1. The van der Waals surface area contributed by atoms with E-state index in [2.05, 4.69) is 5.32 Å². The first-order valence-electron chi connectivity index (χ1n) is 5.05. The summed E-state index contributed by atoms with van der Waals surface area (Å²) in [6.07, 6.45) is 2.92. The molecule has 1 heterocycles. The molecule has 2 rings (SSSR count). The van der Waals surface area contributed by atoms with Gasteiger partial charge in [-0.25, -0.2) is 13.6 Å². The van der Waals surface area contributed by atoms with Gasteiger partial charge in [-0.05, 0) is 12.1 Å². The van der Waals surface area contributed by atoms with E-state index >= 15 is 0 Å². The summed E-state index contributed by atoms with van der Waals surface area (Å²) in [6.45, 7) is 0.248. The van der Waals surface area contributed by atoms with Crippen LogP contribution in [0.15, 0.2) is 35.1 Å². The predicted molar refractivity (Wildman–Crippen MR) is 59.4 cm³/mol. The van der Waals surface area contributed by atoms with Crippen LogP contribution in [-0.4, -0.2) is 11.1 Å². The van der Waals surface area contributed by atoms with Crippen LogP contribution in [-0.2, 0) is 6.54 Å². The third-order valence-electron chi connectivity index (χ3n) is 2.35. The van der Waals surface area contributed by atoms with Crippen LogP contribution in [0.4, 0.5) is 14.5 Å². The van der Waals surface area contributed by atoms with Gasteiger partial charge >= 0.3 is 5.97 Å². The molecule has 0 saturated heterocycles. The average molecular weight is 253 g/mol. The van der Waals surface area contributed by atoms with Crippen molar-refractivity contribution in [2.24, 2.45) is 0 Å². The second-order valence-electron chi connectivity index (χ2n) is 3.60. The van der Waals surface area contributed by atoms with Crippen LogP contribution in [0.2, 0.25) is 0 Å². The van der Waals surface area contributed by atoms with Gasteiger partial charge < -0.3 is 14.8 Å². The number of carbonyl (C=O) groups is 1. The van der Waals surface area contributed by atoms with E-state index in [-0.39, 0.29) is 12.2 Å². The van der Waals surface area contributed by atoms with Crippen molar-refractivity contribution >= 4 is 11.7 Å². The lowest BCUT2D eigenvalue weighted by atomic mass is 10.1. The summed E-state index contributed by atoms with van der Waals surface area (Å²) < 4.78 is 31.4. The summed E-state index contributed by atoms with van der Waals surface area (Å²) in [5.74, 6) is -3.39. The Morgan fingerprint density at radius 3 is 2.72 bits per heavy atom. The van der Waals surface area contributed by atoms with Crippen LogP contribution in [0.5, 0.6) is 0 Å². The highest BCUT2D eigenvalue weighted by molar-refractivity contribution is 5.89. The van der Waals surface area contributed by atoms with Gasteiger partial charge in [0.1, 0.15) is 11.6 Å². The van der Waals surface area contributed by atoms with Crippen LogP contribution < -0.4 is 5.32 Å². The van der Waals surface area contributed by atoms with E-state index in [1.54, 1.807) is 6.07 Å². The van der Waals surface area contributed by atoms with E-state index in [1.807, 2.05) is 0 Å². The molecule has 0 spiro atoms. The zero-order valence-corrected chi connectivity index (χ0v) is 9.11. The lowest BCUT2D eigenvalue weighted by Gasteiger charge is -2.08. The molecule has 0 fully saturated rings. The van der Waals surface area contributed by atoms with Gasteiger partial charge in [0.25, 0.3) is 0 Å². The van der Waals surface area contributed by atoms with E-state index in [1.165, 1.54) is 12.5 Å². The number of carboxylic acid groups (broad SMARTS) is 1. The van der Waals surface area contributed by atoms with E-state index in [0.29, 0.717) is 6.07 Å². The number of aromatic carboxylic acids is 1. The second-order valence-corrected chi connectivity index (χ2v) is 3.60. The molecular formula is C12H9F2NO3. The van der Waals surface area contributed by atoms with Gasteiger partial charge in [0.2, 0.25) is 0 Å². The highest BCUT2D eigenvalue weighted by atomic mass is 19.1. The number of hydrogen-bond acceptors (Lipinski definition) is 3. The molecule has 0 unspecified atom stereocenters. The molecule has 18 heavy (non-hydrogen) atoms. The van der Waals surface area contributed by atoms with Crippen LogP contribution in [0, 0.1) is 11.6 Å². The lowest BCUT2D eigenvalue weighted by molar-refractivity contribution is 0.0692. The Kier molecular flexibility index (Phi) is 3.27. The summed E-state index contributed by atoms with van der Waals surface area (Å²) in [5, 5.41) is 11.4. The Morgan fingerprint density at radius 2 is 2.11 bits per heavy atom. The molecule has 0 amide bonds. The van der Waals surface area contributed by atoms with Crippen molar-refractivity contribution in [2.75, 3.05) is 5.32 Å². The van der Waals surface area contributed by atoms with E-state index in [4.69, 9.17) is 9.52 Å². The van der Waals surface area contributed by atoms with Crippen LogP contribution in [0.25, 0.3) is 0 Å². The minimum absolute atomic E-state index is 0.0741. The number of benzene rings is 1. The number of halogens is 2. The summed E-state index contributed by atoms with van der Waals surface area (Å²) >= 11 is 0. The largest absolute Gasteiger partial charge is 0.478 e. The number of carboxylic acids is 1. The van der Waals surface area contributed by atoms with Crippen LogP contribution in [0.1, 0.15) is 15.9 Å². The Hall–Kier alpha value is -2.37. The van der Waals surface area contributed by atoms with Crippen molar-refractivity contribution < 1.29 is 23.1 Å². The molecule has 0 atom stereocenters. The monoisotopic (exact) mass is 253 g/mol. The molecule has 0 aliphatic carbocycles. The van der Waals surface area contributed by atoms with Gasteiger partial charge in [-0.2, -0.15) is 0 Å². The van der Waals surface area contributed by atoms with Crippen LogP contribution >= 0.6 is 0 Å². The zero-order chi connectivity index (χ0) is 13.1. The number of nitrogens with one attached hydrogen (secondary N) is 1. The molecule has 4 nitrogen and oxygen atoms in total. The molecule has 0 radical (unpaired) electrons. The molecule has 0 aliphatic heterocycles. The first-order valence-corrected chi connectivity index (χ1v) is 5.05. The number of furan rings is 1. The maximum absolute atomic E-state index is 13.4. The fourth-order valence-electron chi connectivity index (χ4n) is 1.44. The van der Waals surface area contributed by atoms with Gasteiger partial charge in [-0.1, -0.05) is 0 Å². The first-order chi connectivity index (χ1) is 8.58. The second kappa shape index (κ2) is 4.87. The Balaban J connectivity index is 2.22. The van der Waals surface area contributed by atoms with Crippen molar-refractivity contribution in [3.8, 4) is 0 Å². The molecule has 2 aromatic rings. The molecule has 1 aromatic heterocycles. The maximum Gasteiger partial charge on any atom is 0.338 e. The normalized spacial score (nSPS) is 10.3. The van der Waals surface area contributed by atoms with Crippen molar-refractivity contribution in [3.05, 3.63) is 53.5 Å². The quantitative estimate of drug-likeness (QED) is 0.879. The smallest absolute Gasteiger partial charge is 0.338 e. The molecule has 1 aromatic carbocycles. The van der Waals surface area contributed by atoms with Crippen molar-refractivity contribution in [2.45, 2.75) is 6.54 Å². The van der Waals surface area contributed by atoms with Gasteiger partial charge in [0, 0.05) is 18.2 Å². The number of hydrogen-bond donors (Lipinski definition) is 2. The van der Waals surface area contributed by atoms with Crippen LogP contribution in [0.3, 0.4) is 0 Å². The number of anilines is 1. The Bertz CT molecular complexity index is 567. The molecule has 2 N–H and O–H groups in total. The highest BCUT2D eigenvalue weighted by Gasteiger charge is 2.15. The third-order valence-corrected chi connectivity index (χ3v) is 2.35. The van der Waals surface area contributed by atoms with Crippen molar-refractivity contribution in [1.29, 1.82) is 0 Å². The molecule has 94 valence electrons. The minimum Gasteiger partial charge on any atom is -0.478 e. The zero-order valence-electron chi connectivity index (χ0n) is 9.11. The molecule has 0 bridgehead atoms.